The van der Waals surface area contributed by atoms with Crippen LogP contribution in [0.2, 0.25) is 0 Å². The molecule has 1 fully saturated rings. The van der Waals surface area contributed by atoms with Crippen molar-refractivity contribution >= 4 is 16.1 Å². The molecule has 1 amide bonds. The summed E-state index contributed by atoms with van der Waals surface area (Å²) in [6.45, 7) is 6.75. The summed E-state index contributed by atoms with van der Waals surface area (Å²) in [6, 6.07) is 2.11. The number of amides is 1. The summed E-state index contributed by atoms with van der Waals surface area (Å²) in [4.78, 5) is 16.7. The van der Waals surface area contributed by atoms with Gasteiger partial charge in [0.05, 0.1) is 24.0 Å². The summed E-state index contributed by atoms with van der Waals surface area (Å²) in [7, 11) is -1.65. The van der Waals surface area contributed by atoms with Gasteiger partial charge in [-0.3, -0.25) is 9.80 Å². The molecule has 3 heterocycles. The predicted octanol–water partition coefficient (Wildman–Crippen LogP) is 2.62. The van der Waals surface area contributed by atoms with E-state index >= 15 is 0 Å². The third-order valence-corrected chi connectivity index (χ3v) is 7.16. The molecule has 0 saturated carbocycles. The molecule has 3 atom stereocenters. The molecule has 192 valence electrons. The monoisotopic (exact) mass is 511 g/mol. The first-order chi connectivity index (χ1) is 16.2. The van der Waals surface area contributed by atoms with Gasteiger partial charge in [-0.2, -0.15) is 9.19 Å². The number of alkyl carbamates (subject to hydrolysis) is 1. The van der Waals surface area contributed by atoms with Gasteiger partial charge in [-0.1, -0.05) is 0 Å². The third-order valence-electron chi connectivity index (χ3n) is 6.30. The summed E-state index contributed by atoms with van der Waals surface area (Å²) in [5.74, 6) is -1.10. The second kappa shape index (κ2) is 9.14. The van der Waals surface area contributed by atoms with Gasteiger partial charge in [0.2, 0.25) is 0 Å². The number of likely N-dealkylation sites (tertiary alicyclic amines) is 1. The molecule has 12 heteroatoms. The standard InChI is InChI=1S/C23H31F2N5O4S/c1-23(2,3)34-22(31)26-19-9-16(12-28(4)21(19)17-8-15(24)6-7-18(17)25)29-10-14-11-30(35(5,32)33)27-20(14)13-29/h6-8,11,16,19,21H,9-10,12-13H2,1-5H3,(H,26,31)/t16-,19+,21?/m1/s1. The molecule has 0 radical (unpaired) electrons. The lowest BCUT2D eigenvalue weighted by atomic mass is 9.87. The number of nitrogens with zero attached hydrogens (tertiary/aromatic N) is 4. The number of hydrogen-bond acceptors (Lipinski definition) is 7. The van der Waals surface area contributed by atoms with Crippen molar-refractivity contribution in [2.24, 2.45) is 0 Å². The zero-order valence-corrected chi connectivity index (χ0v) is 21.3. The molecule has 1 aromatic heterocycles. The van der Waals surface area contributed by atoms with E-state index in [0.29, 0.717) is 31.7 Å². The summed E-state index contributed by atoms with van der Waals surface area (Å²) in [6.07, 6.45) is 2.45. The first-order valence-electron chi connectivity index (χ1n) is 11.4. The highest BCUT2D eigenvalue weighted by atomic mass is 32.2. The Kier molecular flexibility index (Phi) is 6.66. The van der Waals surface area contributed by atoms with E-state index in [2.05, 4.69) is 15.3 Å². The lowest BCUT2D eigenvalue weighted by Gasteiger charge is -2.46. The Morgan fingerprint density at radius 2 is 1.94 bits per heavy atom. The molecule has 9 nitrogen and oxygen atoms in total. The fourth-order valence-electron chi connectivity index (χ4n) is 4.89. The molecule has 4 rings (SSSR count). The van der Waals surface area contributed by atoms with E-state index < -0.39 is 45.4 Å². The highest BCUT2D eigenvalue weighted by Crippen LogP contribution is 2.36. The average Bonchev–Trinajstić information content (AvgIpc) is 3.28. The molecular weight excluding hydrogens is 480 g/mol. The molecule has 0 aliphatic carbocycles. The van der Waals surface area contributed by atoms with Crippen molar-refractivity contribution in [3.63, 3.8) is 0 Å². The number of piperidine rings is 1. The lowest BCUT2D eigenvalue weighted by molar-refractivity contribution is 0.0257. The Bertz CT molecular complexity index is 1200. The Hall–Kier alpha value is -2.57. The van der Waals surface area contributed by atoms with E-state index in [1.165, 1.54) is 12.3 Å². The Morgan fingerprint density at radius 3 is 2.57 bits per heavy atom. The number of halogens is 2. The Balaban J connectivity index is 1.58. The minimum absolute atomic E-state index is 0.0475. The van der Waals surface area contributed by atoms with Crippen molar-refractivity contribution in [3.05, 3.63) is 52.9 Å². The minimum Gasteiger partial charge on any atom is -0.444 e. The number of fused-ring (bicyclic) bond motifs is 1. The number of carbonyl (C=O) groups is 1. The quantitative estimate of drug-likeness (QED) is 0.674. The van der Waals surface area contributed by atoms with Gasteiger partial charge >= 0.3 is 6.09 Å². The zero-order valence-electron chi connectivity index (χ0n) is 20.5. The number of carbonyl (C=O) groups excluding carboxylic acids is 1. The molecule has 1 N–H and O–H groups in total. The van der Waals surface area contributed by atoms with Crippen LogP contribution in [-0.2, 0) is 27.8 Å². The van der Waals surface area contributed by atoms with Crippen molar-refractivity contribution < 1.29 is 26.7 Å². The van der Waals surface area contributed by atoms with Gasteiger partial charge in [0.15, 0.2) is 0 Å². The maximum absolute atomic E-state index is 14.8. The minimum atomic E-state index is -3.46. The van der Waals surface area contributed by atoms with E-state index in [4.69, 9.17) is 4.74 Å². The molecule has 1 saturated heterocycles. The van der Waals surface area contributed by atoms with Crippen LogP contribution in [0.15, 0.2) is 24.4 Å². The highest BCUT2D eigenvalue weighted by Gasteiger charge is 2.42. The van der Waals surface area contributed by atoms with Crippen LogP contribution in [-0.4, -0.2) is 71.0 Å². The van der Waals surface area contributed by atoms with Gasteiger partial charge in [-0.05, 0) is 52.4 Å². The van der Waals surface area contributed by atoms with Crippen molar-refractivity contribution in [2.45, 2.75) is 64.0 Å². The molecule has 1 aromatic carbocycles. The summed E-state index contributed by atoms with van der Waals surface area (Å²) < 4.78 is 58.8. The maximum atomic E-state index is 14.8. The number of ether oxygens (including phenoxy) is 1. The topological polar surface area (TPSA) is 96.8 Å². The number of benzene rings is 1. The van der Waals surface area contributed by atoms with Crippen molar-refractivity contribution in [1.82, 2.24) is 24.3 Å². The van der Waals surface area contributed by atoms with E-state index in [-0.39, 0.29) is 11.6 Å². The van der Waals surface area contributed by atoms with Crippen LogP contribution in [0, 0.1) is 11.6 Å². The van der Waals surface area contributed by atoms with Crippen LogP contribution in [0.1, 0.15) is 50.1 Å². The van der Waals surface area contributed by atoms with Crippen LogP contribution in [0.3, 0.4) is 0 Å². The lowest BCUT2D eigenvalue weighted by Crippen LogP contribution is -2.57. The molecular formula is C23H31F2N5O4S. The molecule has 0 spiro atoms. The van der Waals surface area contributed by atoms with Gasteiger partial charge in [0, 0.05) is 43.0 Å². The second-order valence-electron chi connectivity index (χ2n) is 10.3. The van der Waals surface area contributed by atoms with Gasteiger partial charge < -0.3 is 10.1 Å². The molecule has 35 heavy (non-hydrogen) atoms. The highest BCUT2D eigenvalue weighted by molar-refractivity contribution is 7.89. The van der Waals surface area contributed by atoms with E-state index in [1.807, 2.05) is 11.9 Å². The predicted molar refractivity (Wildman–Crippen MR) is 125 cm³/mol. The normalized spacial score (nSPS) is 23.8. The van der Waals surface area contributed by atoms with E-state index in [1.54, 1.807) is 20.8 Å². The summed E-state index contributed by atoms with van der Waals surface area (Å²) in [5, 5.41) is 7.09. The van der Waals surface area contributed by atoms with E-state index in [0.717, 1.165) is 28.0 Å². The number of aromatic nitrogens is 2. The van der Waals surface area contributed by atoms with Crippen molar-refractivity contribution in [2.75, 3.05) is 19.8 Å². The van der Waals surface area contributed by atoms with E-state index in [9.17, 15) is 22.0 Å². The molecule has 1 unspecified atom stereocenters. The first-order valence-corrected chi connectivity index (χ1v) is 13.2. The number of hydrogen-bond donors (Lipinski definition) is 1. The Morgan fingerprint density at radius 1 is 1.23 bits per heavy atom. The van der Waals surface area contributed by atoms with Gasteiger partial charge in [-0.25, -0.2) is 22.0 Å². The molecule has 2 aromatic rings. The summed E-state index contributed by atoms with van der Waals surface area (Å²) in [5.41, 5.74) is 0.967. The fourth-order valence-corrected chi connectivity index (χ4v) is 5.45. The van der Waals surface area contributed by atoms with Crippen LogP contribution >= 0.6 is 0 Å². The number of nitrogens with one attached hydrogen (secondary N) is 1. The van der Waals surface area contributed by atoms with Crippen LogP contribution < -0.4 is 5.32 Å². The molecule has 0 bridgehead atoms. The third kappa shape index (κ3) is 5.65. The van der Waals surface area contributed by atoms with Gasteiger partial charge in [0.1, 0.15) is 17.2 Å². The largest absolute Gasteiger partial charge is 0.444 e. The maximum Gasteiger partial charge on any atom is 0.407 e. The average molecular weight is 512 g/mol. The fraction of sp³-hybridized carbons (Fsp3) is 0.565. The SMILES string of the molecule is CN1C[C@H](N2Cc3cn(S(C)(=O)=O)nc3C2)C[C@H](NC(=O)OC(C)(C)C)C1c1cc(F)ccc1F. The van der Waals surface area contributed by atoms with Crippen molar-refractivity contribution in [3.8, 4) is 0 Å². The first kappa shape index (κ1) is 25.5. The van der Waals surface area contributed by atoms with Crippen LogP contribution in [0.5, 0.6) is 0 Å². The number of likely N-dealkylation sites (N-methyl/N-ethyl adjacent to an activating group) is 1. The molecule has 2 aliphatic rings. The van der Waals surface area contributed by atoms with Gasteiger partial charge in [0.25, 0.3) is 10.0 Å². The summed E-state index contributed by atoms with van der Waals surface area (Å²) >= 11 is 0. The van der Waals surface area contributed by atoms with Crippen LogP contribution in [0.4, 0.5) is 13.6 Å². The van der Waals surface area contributed by atoms with Crippen molar-refractivity contribution in [1.29, 1.82) is 0 Å². The molecule has 2 aliphatic heterocycles. The zero-order chi connectivity index (χ0) is 25.7. The van der Waals surface area contributed by atoms with Crippen LogP contribution in [0.25, 0.3) is 0 Å². The second-order valence-corrected chi connectivity index (χ2v) is 12.2. The number of rotatable bonds is 4. The smallest absolute Gasteiger partial charge is 0.407 e. The Labute approximate surface area is 204 Å². The van der Waals surface area contributed by atoms with Gasteiger partial charge in [-0.15, -0.1) is 0 Å².